The lowest BCUT2D eigenvalue weighted by Crippen LogP contribution is -1.88. The molecule has 0 saturated carbocycles. The minimum absolute atomic E-state index is 0.165. The molecular weight excluding hydrogens is 264 g/mol. The zero-order valence-corrected chi connectivity index (χ0v) is 11.1. The Labute approximate surface area is 122 Å². The molecule has 0 spiro atoms. The molecule has 102 valence electrons. The Morgan fingerprint density at radius 2 is 1.48 bits per heavy atom. The number of fused-ring (bicyclic) bond motifs is 1. The summed E-state index contributed by atoms with van der Waals surface area (Å²) in [4.78, 5) is 10.3. The van der Waals surface area contributed by atoms with Gasteiger partial charge in [-0.05, 0) is 23.6 Å². The number of nitro benzene ring substituents is 1. The van der Waals surface area contributed by atoms with Gasteiger partial charge >= 0.3 is 0 Å². The first-order chi connectivity index (χ1) is 10.2. The van der Waals surface area contributed by atoms with Crippen LogP contribution in [0.15, 0.2) is 72.8 Å². The van der Waals surface area contributed by atoms with E-state index < -0.39 is 0 Å². The second kappa shape index (κ2) is 6.83. The lowest BCUT2D eigenvalue weighted by atomic mass is 10.1. The molecule has 0 N–H and O–H groups in total. The molecule has 3 aromatic carbocycles. The second-order valence-corrected chi connectivity index (χ2v) is 4.23. The predicted molar refractivity (Wildman–Crippen MR) is 81.8 cm³/mol. The van der Waals surface area contributed by atoms with Gasteiger partial charge in [0, 0.05) is 6.07 Å². The zero-order valence-electron chi connectivity index (χ0n) is 11.1. The fourth-order valence-corrected chi connectivity index (χ4v) is 1.88. The summed E-state index contributed by atoms with van der Waals surface area (Å²) in [7, 11) is 0. The summed E-state index contributed by atoms with van der Waals surface area (Å²) in [6.45, 7) is 0. The van der Waals surface area contributed by atoms with E-state index in [9.17, 15) is 10.1 Å². The highest BCUT2D eigenvalue weighted by Gasteiger charge is 2.08. The highest BCUT2D eigenvalue weighted by atomic mass is 16.6. The van der Waals surface area contributed by atoms with Crippen LogP contribution in [0.2, 0.25) is 0 Å². The molecule has 0 atom stereocenters. The van der Waals surface area contributed by atoms with Crippen LogP contribution in [0.3, 0.4) is 0 Å². The van der Waals surface area contributed by atoms with Gasteiger partial charge in [-0.15, -0.1) is 0 Å². The zero-order chi connectivity index (χ0) is 15.1. The molecule has 0 aliphatic carbocycles. The highest BCUT2D eigenvalue weighted by molar-refractivity contribution is 5.90. The lowest BCUT2D eigenvalue weighted by Gasteiger charge is -1.97. The first-order valence-electron chi connectivity index (χ1n) is 6.29. The van der Waals surface area contributed by atoms with Gasteiger partial charge in [0.1, 0.15) is 0 Å². The van der Waals surface area contributed by atoms with Crippen LogP contribution < -0.4 is 0 Å². The molecule has 4 nitrogen and oxygen atoms in total. The number of hydrogen-bond acceptors (Lipinski definition) is 3. The van der Waals surface area contributed by atoms with Gasteiger partial charge < -0.3 is 0 Å². The monoisotopic (exact) mass is 276 g/mol. The fraction of sp³-hybridized carbons (Fsp3) is 0. The van der Waals surface area contributed by atoms with Crippen LogP contribution in [-0.4, -0.2) is 4.92 Å². The molecule has 3 rings (SSSR count). The van der Waals surface area contributed by atoms with Crippen LogP contribution in [-0.2, 0) is 0 Å². The Kier molecular flexibility index (Phi) is 4.62. The maximum atomic E-state index is 10.6. The summed E-state index contributed by atoms with van der Waals surface area (Å²) < 4.78 is 0. The molecule has 3 aromatic rings. The quantitative estimate of drug-likeness (QED) is 0.491. The maximum absolute atomic E-state index is 10.6. The molecule has 0 radical (unpaired) electrons. The summed E-state index contributed by atoms with van der Waals surface area (Å²) in [5, 5.41) is 20.5. The number of benzene rings is 3. The largest absolute Gasteiger partial charge is 0.277 e. The second-order valence-electron chi connectivity index (χ2n) is 4.23. The first kappa shape index (κ1) is 14.2. The molecule has 0 aromatic heterocycles. The molecule has 0 aliphatic rings. The molecule has 21 heavy (non-hydrogen) atoms. The van der Waals surface area contributed by atoms with E-state index in [1.165, 1.54) is 6.07 Å². The molecule has 0 aliphatic heterocycles. The molecule has 0 heterocycles. The van der Waals surface area contributed by atoms with Crippen LogP contribution in [0.1, 0.15) is 5.56 Å². The molecule has 0 unspecified atom stereocenters. The van der Waals surface area contributed by atoms with Crippen molar-refractivity contribution in [2.75, 3.05) is 0 Å². The topological polar surface area (TPSA) is 66.9 Å². The van der Waals surface area contributed by atoms with Crippen molar-refractivity contribution in [2.45, 2.75) is 0 Å². The standard InChI is InChI=1S/C10H7NO2.C7H5N/c12-11(13)10-7-3-5-8-4-1-2-6-9(8)10;8-6-7-4-2-1-3-5-7/h1-7H;1-5H. The third-order valence-corrected chi connectivity index (χ3v) is 2.87. The van der Waals surface area contributed by atoms with Gasteiger partial charge in [0.15, 0.2) is 0 Å². The van der Waals surface area contributed by atoms with Gasteiger partial charge in [0.25, 0.3) is 5.69 Å². The van der Waals surface area contributed by atoms with E-state index in [4.69, 9.17) is 5.26 Å². The third-order valence-electron chi connectivity index (χ3n) is 2.87. The van der Waals surface area contributed by atoms with Crippen LogP contribution in [0, 0.1) is 21.4 Å². The van der Waals surface area contributed by atoms with Crippen molar-refractivity contribution >= 4 is 16.5 Å². The van der Waals surface area contributed by atoms with E-state index in [0.29, 0.717) is 10.9 Å². The summed E-state index contributed by atoms with van der Waals surface area (Å²) in [6, 6.07) is 23.5. The summed E-state index contributed by atoms with van der Waals surface area (Å²) in [5.74, 6) is 0. The number of non-ortho nitro benzene ring substituents is 1. The number of nitrogens with zero attached hydrogens (tertiary/aromatic N) is 2. The third kappa shape index (κ3) is 3.64. The van der Waals surface area contributed by atoms with Crippen molar-refractivity contribution in [3.05, 3.63) is 88.5 Å². The van der Waals surface area contributed by atoms with E-state index in [1.54, 1.807) is 30.3 Å². The summed E-state index contributed by atoms with van der Waals surface area (Å²) in [5.41, 5.74) is 0.880. The van der Waals surface area contributed by atoms with E-state index >= 15 is 0 Å². The lowest BCUT2D eigenvalue weighted by molar-refractivity contribution is -0.383. The van der Waals surface area contributed by atoms with E-state index in [1.807, 2.05) is 42.5 Å². The van der Waals surface area contributed by atoms with Crippen LogP contribution in [0.5, 0.6) is 0 Å². The smallest absolute Gasteiger partial charge is 0.258 e. The fourth-order valence-electron chi connectivity index (χ4n) is 1.88. The normalized spacial score (nSPS) is 9.29. The number of nitro groups is 1. The van der Waals surface area contributed by atoms with Crippen molar-refractivity contribution in [2.24, 2.45) is 0 Å². The Balaban J connectivity index is 0.000000173. The van der Waals surface area contributed by atoms with E-state index in [0.717, 1.165) is 5.39 Å². The minimum atomic E-state index is -0.359. The average molecular weight is 276 g/mol. The molecule has 0 fully saturated rings. The van der Waals surface area contributed by atoms with Crippen LogP contribution in [0.4, 0.5) is 5.69 Å². The average Bonchev–Trinajstić information content (AvgIpc) is 2.55. The van der Waals surface area contributed by atoms with Crippen molar-refractivity contribution in [3.8, 4) is 6.07 Å². The first-order valence-corrected chi connectivity index (χ1v) is 6.29. The number of hydrogen-bond donors (Lipinski definition) is 0. The van der Waals surface area contributed by atoms with Crippen molar-refractivity contribution < 1.29 is 4.92 Å². The summed E-state index contributed by atoms with van der Waals surface area (Å²) in [6.07, 6.45) is 0. The van der Waals surface area contributed by atoms with Gasteiger partial charge in [-0.2, -0.15) is 5.26 Å². The predicted octanol–water partition coefficient (Wildman–Crippen LogP) is 4.31. The Morgan fingerprint density at radius 3 is 2.10 bits per heavy atom. The Morgan fingerprint density at radius 1 is 0.857 bits per heavy atom. The number of rotatable bonds is 1. The molecule has 0 saturated heterocycles. The highest BCUT2D eigenvalue weighted by Crippen LogP contribution is 2.24. The molecule has 0 amide bonds. The van der Waals surface area contributed by atoms with Gasteiger partial charge in [0.2, 0.25) is 0 Å². The molecule has 0 bridgehead atoms. The van der Waals surface area contributed by atoms with E-state index in [-0.39, 0.29) is 10.6 Å². The van der Waals surface area contributed by atoms with Crippen LogP contribution >= 0.6 is 0 Å². The van der Waals surface area contributed by atoms with Gasteiger partial charge in [-0.1, -0.05) is 48.5 Å². The molecule has 4 heteroatoms. The van der Waals surface area contributed by atoms with Crippen molar-refractivity contribution in [3.63, 3.8) is 0 Å². The SMILES string of the molecule is N#Cc1ccccc1.O=[N+]([O-])c1cccc2ccccc12. The van der Waals surface area contributed by atoms with Crippen molar-refractivity contribution in [1.29, 1.82) is 5.26 Å². The molecular formula is C17H12N2O2. The van der Waals surface area contributed by atoms with Gasteiger partial charge in [-0.25, -0.2) is 0 Å². The van der Waals surface area contributed by atoms with Crippen molar-refractivity contribution in [1.82, 2.24) is 0 Å². The maximum Gasteiger partial charge on any atom is 0.277 e. The van der Waals surface area contributed by atoms with Crippen LogP contribution in [0.25, 0.3) is 10.8 Å². The number of nitriles is 1. The Bertz CT molecular complexity index is 787. The summed E-state index contributed by atoms with van der Waals surface area (Å²) >= 11 is 0. The van der Waals surface area contributed by atoms with Gasteiger partial charge in [-0.3, -0.25) is 10.1 Å². The minimum Gasteiger partial charge on any atom is -0.258 e. The Hall–Kier alpha value is -3.19. The van der Waals surface area contributed by atoms with E-state index in [2.05, 4.69) is 0 Å². The van der Waals surface area contributed by atoms with Gasteiger partial charge in [0.05, 0.1) is 21.9 Å².